The standard InChI is InChI=1S/C31H33N5O4S/c1-41(38,39)34-26-13-15-29(16-14-26)40-30-17-12-24(22-32-30)23-35-20-18-28(19-21-35)36(27-10-6-3-7-11-27)31(37)33-25-8-4-2-5-9-25/h2-17,22,28,34H,18-21,23H2,1H3,(H,33,37). The molecule has 0 bridgehead atoms. The van der Waals surface area contributed by atoms with E-state index in [0.29, 0.717) is 17.3 Å². The molecule has 0 atom stereocenters. The van der Waals surface area contributed by atoms with E-state index in [4.69, 9.17) is 4.74 Å². The molecule has 1 aliphatic heterocycles. The van der Waals surface area contributed by atoms with Gasteiger partial charge in [-0.1, -0.05) is 42.5 Å². The highest BCUT2D eigenvalue weighted by atomic mass is 32.2. The number of likely N-dealkylation sites (tertiary alicyclic amines) is 1. The summed E-state index contributed by atoms with van der Waals surface area (Å²) >= 11 is 0. The van der Waals surface area contributed by atoms with Gasteiger partial charge in [0, 0.05) is 55.0 Å². The zero-order valence-electron chi connectivity index (χ0n) is 22.8. The molecule has 212 valence electrons. The van der Waals surface area contributed by atoms with Crippen molar-refractivity contribution in [3.05, 3.63) is 109 Å². The minimum atomic E-state index is -3.33. The smallest absolute Gasteiger partial charge is 0.326 e. The average Bonchev–Trinajstić information content (AvgIpc) is 2.97. The average molecular weight is 572 g/mol. The first-order valence-electron chi connectivity index (χ1n) is 13.5. The molecule has 9 nitrogen and oxygen atoms in total. The number of aromatic nitrogens is 1. The Hall–Kier alpha value is -4.41. The molecule has 0 spiro atoms. The number of sulfonamides is 1. The number of nitrogens with one attached hydrogen (secondary N) is 2. The second-order valence-corrected chi connectivity index (χ2v) is 11.8. The van der Waals surface area contributed by atoms with Crippen molar-refractivity contribution >= 4 is 33.1 Å². The van der Waals surface area contributed by atoms with E-state index in [1.165, 1.54) is 0 Å². The number of hydrogen-bond donors (Lipinski definition) is 2. The highest BCUT2D eigenvalue weighted by Gasteiger charge is 2.29. The first kappa shape index (κ1) is 28.1. The van der Waals surface area contributed by atoms with Gasteiger partial charge in [0.05, 0.1) is 6.26 Å². The molecule has 0 unspecified atom stereocenters. The van der Waals surface area contributed by atoms with Gasteiger partial charge in [0.15, 0.2) is 0 Å². The number of anilines is 3. The van der Waals surface area contributed by atoms with Crippen LogP contribution in [-0.2, 0) is 16.6 Å². The van der Waals surface area contributed by atoms with Gasteiger partial charge in [-0.2, -0.15) is 0 Å². The molecule has 1 fully saturated rings. The Morgan fingerprint density at radius 3 is 2.17 bits per heavy atom. The van der Waals surface area contributed by atoms with E-state index in [0.717, 1.165) is 55.7 Å². The van der Waals surface area contributed by atoms with Crippen LogP contribution in [0.15, 0.2) is 103 Å². The number of benzene rings is 3. The Balaban J connectivity index is 1.16. The summed E-state index contributed by atoms with van der Waals surface area (Å²) in [7, 11) is -3.33. The molecule has 41 heavy (non-hydrogen) atoms. The number of carbonyl (C=O) groups is 1. The van der Waals surface area contributed by atoms with E-state index in [2.05, 4.69) is 19.9 Å². The van der Waals surface area contributed by atoms with Crippen molar-refractivity contribution in [2.75, 3.05) is 34.3 Å². The Morgan fingerprint density at radius 1 is 0.902 bits per heavy atom. The first-order chi connectivity index (χ1) is 19.8. The van der Waals surface area contributed by atoms with Crippen molar-refractivity contribution in [2.24, 2.45) is 0 Å². The summed E-state index contributed by atoms with van der Waals surface area (Å²) in [6, 6.07) is 29.8. The number of ether oxygens (including phenoxy) is 1. The van der Waals surface area contributed by atoms with Crippen molar-refractivity contribution in [1.82, 2.24) is 9.88 Å². The zero-order chi connectivity index (χ0) is 28.7. The van der Waals surface area contributed by atoms with Crippen molar-refractivity contribution in [3.63, 3.8) is 0 Å². The number of hydrogen-bond acceptors (Lipinski definition) is 6. The lowest BCUT2D eigenvalue weighted by Crippen LogP contribution is -2.49. The van der Waals surface area contributed by atoms with Gasteiger partial charge in [-0.25, -0.2) is 18.2 Å². The highest BCUT2D eigenvalue weighted by molar-refractivity contribution is 7.92. The number of nitrogens with zero attached hydrogens (tertiary/aromatic N) is 3. The Morgan fingerprint density at radius 2 is 1.56 bits per heavy atom. The second-order valence-electron chi connectivity index (χ2n) is 10.0. The molecule has 0 radical (unpaired) electrons. The zero-order valence-corrected chi connectivity index (χ0v) is 23.6. The quantitative estimate of drug-likeness (QED) is 0.257. The molecule has 2 heterocycles. The summed E-state index contributed by atoms with van der Waals surface area (Å²) in [5.41, 5.74) is 3.21. The van der Waals surface area contributed by atoms with Gasteiger partial charge in [-0.15, -0.1) is 0 Å². The Labute approximate surface area is 240 Å². The fourth-order valence-corrected chi connectivity index (χ4v) is 5.44. The van der Waals surface area contributed by atoms with E-state index in [-0.39, 0.29) is 12.1 Å². The lowest BCUT2D eigenvalue weighted by molar-refractivity contribution is 0.199. The largest absolute Gasteiger partial charge is 0.439 e. The molecular weight excluding hydrogens is 538 g/mol. The van der Waals surface area contributed by atoms with Crippen LogP contribution in [0.3, 0.4) is 0 Å². The molecule has 4 aromatic rings. The van der Waals surface area contributed by atoms with Crippen LogP contribution in [0.25, 0.3) is 0 Å². The molecule has 2 amide bonds. The van der Waals surface area contributed by atoms with Gasteiger partial charge < -0.3 is 10.1 Å². The molecule has 1 aromatic heterocycles. The number of urea groups is 1. The van der Waals surface area contributed by atoms with Gasteiger partial charge in [-0.3, -0.25) is 14.5 Å². The number of piperidine rings is 1. The molecule has 1 saturated heterocycles. The molecule has 10 heteroatoms. The monoisotopic (exact) mass is 571 g/mol. The van der Waals surface area contributed by atoms with Crippen LogP contribution in [-0.4, -0.2) is 49.7 Å². The highest BCUT2D eigenvalue weighted by Crippen LogP contribution is 2.26. The first-order valence-corrected chi connectivity index (χ1v) is 15.3. The Bertz CT molecular complexity index is 1530. The normalized spacial score (nSPS) is 14.3. The number of amides is 2. The summed E-state index contributed by atoms with van der Waals surface area (Å²) in [5.74, 6) is 1.02. The Kier molecular flexibility index (Phi) is 8.81. The molecule has 1 aliphatic rings. The number of carbonyl (C=O) groups excluding carboxylic acids is 1. The maximum Gasteiger partial charge on any atom is 0.326 e. The fraction of sp³-hybridized carbons (Fsp3) is 0.226. The second kappa shape index (κ2) is 12.8. The molecule has 5 rings (SSSR count). The predicted octanol–water partition coefficient (Wildman–Crippen LogP) is 5.95. The van der Waals surface area contributed by atoms with Crippen LogP contribution in [0.4, 0.5) is 21.9 Å². The molecule has 3 aromatic carbocycles. The van der Waals surface area contributed by atoms with Crippen LogP contribution in [0.1, 0.15) is 18.4 Å². The number of pyridine rings is 1. The van der Waals surface area contributed by atoms with Gasteiger partial charge >= 0.3 is 6.03 Å². The molecule has 2 N–H and O–H groups in total. The van der Waals surface area contributed by atoms with Gasteiger partial charge in [0.1, 0.15) is 5.75 Å². The summed E-state index contributed by atoms with van der Waals surface area (Å²) in [6.45, 7) is 2.48. The maximum atomic E-state index is 13.4. The van der Waals surface area contributed by atoms with Crippen molar-refractivity contribution in [2.45, 2.75) is 25.4 Å². The minimum Gasteiger partial charge on any atom is -0.439 e. The third-order valence-electron chi connectivity index (χ3n) is 6.78. The molecular formula is C31H33N5O4S. The topological polar surface area (TPSA) is 104 Å². The predicted molar refractivity (Wildman–Crippen MR) is 162 cm³/mol. The van der Waals surface area contributed by atoms with Gasteiger partial charge in [0.2, 0.25) is 15.9 Å². The van der Waals surface area contributed by atoms with Crippen LogP contribution in [0.2, 0.25) is 0 Å². The van der Waals surface area contributed by atoms with Crippen LogP contribution in [0, 0.1) is 0 Å². The lowest BCUT2D eigenvalue weighted by Gasteiger charge is -2.38. The van der Waals surface area contributed by atoms with Crippen molar-refractivity contribution in [3.8, 4) is 11.6 Å². The SMILES string of the molecule is CS(=O)(=O)Nc1ccc(Oc2ccc(CN3CCC(N(C(=O)Nc4ccccc4)c4ccccc4)CC3)cn2)cc1. The van der Waals surface area contributed by atoms with E-state index in [9.17, 15) is 13.2 Å². The molecule has 0 saturated carbocycles. The fourth-order valence-electron chi connectivity index (χ4n) is 4.87. The number of para-hydroxylation sites is 2. The van der Waals surface area contributed by atoms with Gasteiger partial charge in [-0.05, 0) is 66.9 Å². The van der Waals surface area contributed by atoms with Crippen LogP contribution < -0.4 is 19.7 Å². The van der Waals surface area contributed by atoms with E-state index < -0.39 is 10.0 Å². The number of rotatable bonds is 9. The van der Waals surface area contributed by atoms with E-state index >= 15 is 0 Å². The minimum absolute atomic E-state index is 0.0882. The third-order valence-corrected chi connectivity index (χ3v) is 7.39. The van der Waals surface area contributed by atoms with E-state index in [1.54, 1.807) is 24.3 Å². The summed E-state index contributed by atoms with van der Waals surface area (Å²) in [6.07, 6.45) is 4.63. The molecule has 0 aliphatic carbocycles. The van der Waals surface area contributed by atoms with Crippen molar-refractivity contribution < 1.29 is 17.9 Å². The van der Waals surface area contributed by atoms with Crippen molar-refractivity contribution in [1.29, 1.82) is 0 Å². The lowest BCUT2D eigenvalue weighted by atomic mass is 10.0. The summed E-state index contributed by atoms with van der Waals surface area (Å²) < 4.78 is 31.0. The van der Waals surface area contributed by atoms with Gasteiger partial charge in [0.25, 0.3) is 0 Å². The van der Waals surface area contributed by atoms with Crippen LogP contribution >= 0.6 is 0 Å². The maximum absolute atomic E-state index is 13.4. The van der Waals surface area contributed by atoms with Crippen LogP contribution in [0.5, 0.6) is 11.6 Å². The third kappa shape index (κ3) is 8.06. The van der Waals surface area contributed by atoms with E-state index in [1.807, 2.05) is 83.9 Å². The summed E-state index contributed by atoms with van der Waals surface area (Å²) in [5, 5.41) is 3.05. The summed E-state index contributed by atoms with van der Waals surface area (Å²) in [4.78, 5) is 22.1.